The number of carbonyl (C=O) groups excluding carboxylic acids is 10. The standard InChI is InChI=1S/C38H66N10O10S/c1-8-21(4)31(42)35(56)45-23(11-12-28(39)50)33(54)46-24(16-29(40)51)34(55)47-25(18-59-19-44-37(58)38(5,6)7)36(57)48-13-9-10-26(48)27(49)15-22(14-20(2)3)32(53)43-17-30(41)52/h20-26,31H,8-19,42H2,1-7H3,(H2,39,50)(H2,40,51)(H2,41,52)(H,43,53)(H,44,58)(H,45,56)(H,46,54)(H,47,55)/t21?,22-,23+,24+,25+,26-,31+/m0/s1. The van der Waals surface area contributed by atoms with Crippen LogP contribution in [0.15, 0.2) is 0 Å². The van der Waals surface area contributed by atoms with Crippen LogP contribution in [0.3, 0.4) is 0 Å². The van der Waals surface area contributed by atoms with Crippen molar-refractivity contribution in [2.45, 2.75) is 130 Å². The predicted molar refractivity (Wildman–Crippen MR) is 220 cm³/mol. The number of hydrogen-bond donors (Lipinski definition) is 9. The molecule has 0 spiro atoms. The molecule has 0 aromatic heterocycles. The summed E-state index contributed by atoms with van der Waals surface area (Å²) in [4.78, 5) is 130. The van der Waals surface area contributed by atoms with E-state index in [0.717, 1.165) is 11.8 Å². The lowest BCUT2D eigenvalue weighted by Crippen LogP contribution is -2.60. The van der Waals surface area contributed by atoms with E-state index in [1.165, 1.54) is 4.90 Å². The largest absolute Gasteiger partial charge is 0.370 e. The van der Waals surface area contributed by atoms with Gasteiger partial charge in [-0.3, -0.25) is 47.9 Å². The summed E-state index contributed by atoms with van der Waals surface area (Å²) in [5.74, 6) is -8.20. The van der Waals surface area contributed by atoms with Crippen LogP contribution in [0.4, 0.5) is 0 Å². The number of ketones is 1. The lowest BCUT2D eigenvalue weighted by molar-refractivity contribution is -0.141. The number of carbonyl (C=O) groups is 10. The lowest BCUT2D eigenvalue weighted by atomic mass is 9.89. The first-order valence-corrected chi connectivity index (χ1v) is 21.0. The summed E-state index contributed by atoms with van der Waals surface area (Å²) < 4.78 is 0. The molecule has 0 radical (unpaired) electrons. The van der Waals surface area contributed by atoms with Crippen LogP contribution in [0.1, 0.15) is 99.8 Å². The number of nitrogens with zero attached hydrogens (tertiary/aromatic N) is 1. The van der Waals surface area contributed by atoms with E-state index in [9.17, 15) is 47.9 Å². The number of Topliss-reactive ketones (excluding diaryl/α,β-unsaturated/α-hetero) is 1. The molecule has 1 aliphatic rings. The SMILES string of the molecule is CCC(C)[C@@H](N)C(=O)N[C@H](CCC(N)=O)C(=O)N[C@H](CC(N)=O)C(=O)N[C@H](CSCNC(=O)C(C)(C)C)C(=O)N1CCC[C@H]1C(=O)C[C@H](CC(C)C)C(=O)NCC(N)=O. The van der Waals surface area contributed by atoms with Crippen LogP contribution >= 0.6 is 11.8 Å². The van der Waals surface area contributed by atoms with Crippen LogP contribution in [0.25, 0.3) is 0 Å². The first kappa shape index (κ1) is 52.2. The Bertz CT molecular complexity index is 1540. The van der Waals surface area contributed by atoms with Crippen molar-refractivity contribution in [3.63, 3.8) is 0 Å². The molecule has 0 saturated carbocycles. The van der Waals surface area contributed by atoms with Gasteiger partial charge >= 0.3 is 0 Å². The monoisotopic (exact) mass is 854 g/mol. The van der Waals surface area contributed by atoms with E-state index in [1.54, 1.807) is 27.7 Å². The number of primary amides is 3. The van der Waals surface area contributed by atoms with E-state index in [1.807, 2.05) is 20.8 Å². The quantitative estimate of drug-likeness (QED) is 0.0338. The molecule has 0 aliphatic carbocycles. The van der Waals surface area contributed by atoms with Gasteiger partial charge in [0, 0.05) is 36.5 Å². The van der Waals surface area contributed by atoms with E-state index < -0.39 is 108 Å². The van der Waals surface area contributed by atoms with Crippen molar-refractivity contribution in [3.05, 3.63) is 0 Å². The van der Waals surface area contributed by atoms with Crippen LogP contribution < -0.4 is 49.5 Å². The van der Waals surface area contributed by atoms with Gasteiger partial charge in [-0.1, -0.05) is 54.9 Å². The van der Waals surface area contributed by atoms with Crippen molar-refractivity contribution < 1.29 is 47.9 Å². The maximum atomic E-state index is 14.3. The average molecular weight is 855 g/mol. The molecule has 1 heterocycles. The molecule has 1 unspecified atom stereocenters. The summed E-state index contributed by atoms with van der Waals surface area (Å²) in [6, 6.07) is -6.38. The minimum absolute atomic E-state index is 0.00899. The highest BCUT2D eigenvalue weighted by atomic mass is 32.2. The normalized spacial score (nSPS) is 17.0. The van der Waals surface area contributed by atoms with Gasteiger partial charge < -0.3 is 54.4 Å². The summed E-state index contributed by atoms with van der Waals surface area (Å²) in [5, 5.41) is 12.6. The van der Waals surface area contributed by atoms with E-state index in [4.69, 9.17) is 22.9 Å². The molecule has 334 valence electrons. The van der Waals surface area contributed by atoms with Crippen molar-refractivity contribution >= 4 is 70.7 Å². The fraction of sp³-hybridized carbons (Fsp3) is 0.737. The Balaban J connectivity index is 3.43. The fourth-order valence-electron chi connectivity index (χ4n) is 6.14. The molecule has 1 saturated heterocycles. The fourth-order valence-corrected chi connectivity index (χ4v) is 6.95. The highest BCUT2D eigenvalue weighted by Crippen LogP contribution is 2.25. The van der Waals surface area contributed by atoms with E-state index in [-0.39, 0.29) is 61.6 Å². The Morgan fingerprint density at radius 2 is 1.36 bits per heavy atom. The van der Waals surface area contributed by atoms with Crippen molar-refractivity contribution in [3.8, 4) is 0 Å². The molecule has 20 nitrogen and oxygen atoms in total. The van der Waals surface area contributed by atoms with E-state index >= 15 is 0 Å². The second kappa shape index (κ2) is 25.0. The first-order chi connectivity index (χ1) is 27.4. The number of rotatable bonds is 26. The zero-order valence-electron chi connectivity index (χ0n) is 35.4. The highest BCUT2D eigenvalue weighted by Gasteiger charge is 2.40. The number of nitrogens with one attached hydrogen (secondary N) is 5. The van der Waals surface area contributed by atoms with Gasteiger partial charge in [0.2, 0.25) is 53.2 Å². The van der Waals surface area contributed by atoms with Crippen LogP contribution in [-0.4, -0.2) is 119 Å². The van der Waals surface area contributed by atoms with Crippen molar-refractivity contribution in [2.24, 2.45) is 46.1 Å². The predicted octanol–water partition coefficient (Wildman–Crippen LogP) is -1.98. The minimum atomic E-state index is -1.66. The second-order valence-electron chi connectivity index (χ2n) is 16.4. The third-order valence-corrected chi connectivity index (χ3v) is 10.7. The molecule has 59 heavy (non-hydrogen) atoms. The van der Waals surface area contributed by atoms with Crippen molar-refractivity contribution in [1.82, 2.24) is 31.5 Å². The Morgan fingerprint density at radius 1 is 0.763 bits per heavy atom. The molecule has 1 aliphatic heterocycles. The van der Waals surface area contributed by atoms with Crippen molar-refractivity contribution in [1.29, 1.82) is 0 Å². The number of thioether (sulfide) groups is 1. The minimum Gasteiger partial charge on any atom is -0.370 e. The second-order valence-corrected chi connectivity index (χ2v) is 17.4. The molecular weight excluding hydrogens is 789 g/mol. The summed E-state index contributed by atoms with van der Waals surface area (Å²) in [6.45, 7) is 12.2. The molecule has 0 aromatic carbocycles. The first-order valence-electron chi connectivity index (χ1n) is 19.9. The lowest BCUT2D eigenvalue weighted by Gasteiger charge is -2.30. The van der Waals surface area contributed by atoms with Gasteiger partial charge in [0.15, 0.2) is 5.78 Å². The summed E-state index contributed by atoms with van der Waals surface area (Å²) in [7, 11) is 0. The molecular formula is C38H66N10O10S. The number of amides is 9. The van der Waals surface area contributed by atoms with Gasteiger partial charge in [-0.25, -0.2) is 0 Å². The third-order valence-electron chi connectivity index (χ3n) is 9.74. The molecule has 1 fully saturated rings. The van der Waals surface area contributed by atoms with Crippen LogP contribution in [-0.2, 0) is 47.9 Å². The summed E-state index contributed by atoms with van der Waals surface area (Å²) >= 11 is 1.09. The number of nitrogens with two attached hydrogens (primary N) is 4. The molecule has 13 N–H and O–H groups in total. The van der Waals surface area contributed by atoms with Gasteiger partial charge in [-0.2, -0.15) is 0 Å². The molecule has 1 rings (SSSR count). The van der Waals surface area contributed by atoms with Crippen molar-refractivity contribution in [2.75, 3.05) is 24.7 Å². The Morgan fingerprint density at radius 3 is 1.90 bits per heavy atom. The molecule has 0 aromatic rings. The zero-order chi connectivity index (χ0) is 45.2. The maximum absolute atomic E-state index is 14.3. The van der Waals surface area contributed by atoms with Crippen LogP contribution in [0, 0.1) is 23.2 Å². The third kappa shape index (κ3) is 18.8. The highest BCUT2D eigenvalue weighted by molar-refractivity contribution is 7.99. The topological polar surface area (TPSA) is 338 Å². The number of hydrogen-bond acceptors (Lipinski definition) is 12. The zero-order valence-corrected chi connectivity index (χ0v) is 36.2. The van der Waals surface area contributed by atoms with Gasteiger partial charge in [0.1, 0.15) is 18.1 Å². The van der Waals surface area contributed by atoms with Gasteiger partial charge in [-0.05, 0) is 37.5 Å². The molecule has 9 amide bonds. The Hall–Kier alpha value is -4.79. The van der Waals surface area contributed by atoms with Crippen LogP contribution in [0.5, 0.6) is 0 Å². The Kier molecular flexibility index (Phi) is 22.1. The van der Waals surface area contributed by atoms with Gasteiger partial charge in [-0.15, -0.1) is 11.8 Å². The molecule has 21 heteroatoms. The summed E-state index contributed by atoms with van der Waals surface area (Å²) in [5.41, 5.74) is 21.3. The Labute approximate surface area is 350 Å². The molecule has 7 atom stereocenters. The van der Waals surface area contributed by atoms with Gasteiger partial charge in [0.05, 0.1) is 30.9 Å². The smallest absolute Gasteiger partial charge is 0.246 e. The average Bonchev–Trinajstić information content (AvgIpc) is 3.64. The summed E-state index contributed by atoms with van der Waals surface area (Å²) in [6.07, 6.45) is 0.0247. The van der Waals surface area contributed by atoms with E-state index in [0.29, 0.717) is 19.3 Å². The van der Waals surface area contributed by atoms with Crippen LogP contribution in [0.2, 0.25) is 0 Å². The molecule has 0 bridgehead atoms. The number of likely N-dealkylation sites (tertiary alicyclic amines) is 1. The van der Waals surface area contributed by atoms with Gasteiger partial charge in [0.25, 0.3) is 0 Å². The maximum Gasteiger partial charge on any atom is 0.246 e. The van der Waals surface area contributed by atoms with E-state index in [2.05, 4.69) is 26.6 Å².